The Labute approximate surface area is 137 Å². The van der Waals surface area contributed by atoms with Crippen LogP contribution >= 0.6 is 0 Å². The zero-order valence-electron chi connectivity index (χ0n) is 13.8. The van der Waals surface area contributed by atoms with Gasteiger partial charge in [-0.2, -0.15) is 0 Å². The van der Waals surface area contributed by atoms with Crippen LogP contribution in [0, 0.1) is 0 Å². The molecule has 5 nitrogen and oxygen atoms in total. The fourth-order valence-corrected chi connectivity index (χ4v) is 2.81. The van der Waals surface area contributed by atoms with Crippen LogP contribution in [0.15, 0.2) is 24.3 Å². The Hall–Kier alpha value is -1.59. The van der Waals surface area contributed by atoms with Crippen molar-refractivity contribution in [1.82, 2.24) is 4.90 Å². The Morgan fingerprint density at radius 3 is 2.83 bits per heavy atom. The minimum atomic E-state index is -1.06. The summed E-state index contributed by atoms with van der Waals surface area (Å²) in [5.41, 5.74) is -0.496. The summed E-state index contributed by atoms with van der Waals surface area (Å²) in [5.74, 6) is 0.548. The van der Waals surface area contributed by atoms with Crippen LogP contribution in [-0.2, 0) is 0 Å². The van der Waals surface area contributed by atoms with Crippen LogP contribution < -0.4 is 4.74 Å². The third-order valence-corrected chi connectivity index (χ3v) is 4.37. The first-order valence-electron chi connectivity index (χ1n) is 8.44. The quantitative estimate of drug-likeness (QED) is 0.788. The van der Waals surface area contributed by atoms with Crippen LogP contribution in [0.4, 0.5) is 0 Å². The molecule has 1 aliphatic rings. The molecule has 2 rings (SSSR count). The number of ether oxygens (including phenoxy) is 1. The van der Waals surface area contributed by atoms with Crippen LogP contribution in [-0.4, -0.2) is 52.9 Å². The first-order valence-corrected chi connectivity index (χ1v) is 8.44. The number of likely N-dealkylation sites (tertiary alicyclic amines) is 1. The second kappa shape index (κ2) is 8.31. The molecule has 5 heteroatoms. The Bertz CT molecular complexity index is 519. The van der Waals surface area contributed by atoms with Gasteiger partial charge < -0.3 is 19.8 Å². The number of hydrogen-bond donors (Lipinski definition) is 2. The summed E-state index contributed by atoms with van der Waals surface area (Å²) < 4.78 is 5.75. The topological polar surface area (TPSA) is 70.0 Å². The molecule has 0 spiro atoms. The summed E-state index contributed by atoms with van der Waals surface area (Å²) in [6.45, 7) is 3.47. The molecule has 1 aromatic carbocycles. The van der Waals surface area contributed by atoms with Crippen LogP contribution in [0.2, 0.25) is 0 Å². The summed E-state index contributed by atoms with van der Waals surface area (Å²) >= 11 is 0. The van der Waals surface area contributed by atoms with E-state index in [-0.39, 0.29) is 12.5 Å². The molecule has 0 radical (unpaired) electrons. The molecule has 1 aliphatic heterocycles. The summed E-state index contributed by atoms with van der Waals surface area (Å²) in [5, 5.41) is 19.5. The summed E-state index contributed by atoms with van der Waals surface area (Å²) in [6.07, 6.45) is 3.59. The van der Waals surface area contributed by atoms with Gasteiger partial charge in [0.25, 0.3) is 5.91 Å². The van der Waals surface area contributed by atoms with Crippen molar-refractivity contribution in [3.05, 3.63) is 29.8 Å². The molecule has 1 fully saturated rings. The minimum absolute atomic E-state index is 0.0701. The zero-order valence-corrected chi connectivity index (χ0v) is 13.8. The number of carbonyl (C=O) groups is 1. The van der Waals surface area contributed by atoms with Gasteiger partial charge in [-0.3, -0.25) is 4.79 Å². The van der Waals surface area contributed by atoms with Crippen LogP contribution in [0.1, 0.15) is 49.4 Å². The maximum atomic E-state index is 12.8. The van der Waals surface area contributed by atoms with Crippen molar-refractivity contribution in [3.63, 3.8) is 0 Å². The molecular formula is C18H27NO4. The molecule has 0 bridgehead atoms. The number of aliphatic hydroxyl groups is 2. The van der Waals surface area contributed by atoms with Gasteiger partial charge in [0, 0.05) is 13.1 Å². The van der Waals surface area contributed by atoms with Crippen LogP contribution in [0.5, 0.6) is 5.75 Å². The monoisotopic (exact) mass is 321 g/mol. The summed E-state index contributed by atoms with van der Waals surface area (Å²) in [7, 11) is 0. The number of carbonyl (C=O) groups excluding carboxylic acids is 1. The second-order valence-electron chi connectivity index (χ2n) is 6.23. The molecule has 0 unspecified atom stereocenters. The molecule has 1 saturated heterocycles. The molecule has 0 saturated carbocycles. The fraction of sp³-hybridized carbons (Fsp3) is 0.611. The average Bonchev–Trinajstić information content (AvgIpc) is 2.77. The molecule has 0 aliphatic carbocycles. The molecule has 128 valence electrons. The lowest BCUT2D eigenvalue weighted by Gasteiger charge is -2.25. The highest BCUT2D eigenvalue weighted by molar-refractivity contribution is 5.97. The normalized spacial score (nSPS) is 21.8. The SMILES string of the molecule is CCCCOc1ccccc1C(=O)N1CCC[C@@](O)(CO)CC1. The third-order valence-electron chi connectivity index (χ3n) is 4.37. The third kappa shape index (κ3) is 4.69. The predicted molar refractivity (Wildman–Crippen MR) is 88.6 cm³/mol. The van der Waals surface area contributed by atoms with Crippen molar-refractivity contribution in [2.75, 3.05) is 26.3 Å². The molecule has 1 amide bonds. The van der Waals surface area contributed by atoms with E-state index in [4.69, 9.17) is 4.74 Å². The zero-order chi connectivity index (χ0) is 16.7. The molecule has 1 aromatic rings. The van der Waals surface area contributed by atoms with E-state index >= 15 is 0 Å². The average molecular weight is 321 g/mol. The Kier molecular flexibility index (Phi) is 6.42. The van der Waals surface area contributed by atoms with E-state index in [9.17, 15) is 15.0 Å². The summed E-state index contributed by atoms with van der Waals surface area (Å²) in [4.78, 5) is 14.6. The number of rotatable bonds is 6. The number of para-hydroxylation sites is 1. The number of amides is 1. The molecule has 1 heterocycles. The van der Waals surface area contributed by atoms with Gasteiger partial charge in [-0.1, -0.05) is 25.5 Å². The second-order valence-corrected chi connectivity index (χ2v) is 6.23. The lowest BCUT2D eigenvalue weighted by molar-refractivity contribution is -0.0250. The molecule has 2 N–H and O–H groups in total. The number of aliphatic hydroxyl groups excluding tert-OH is 1. The molecule has 23 heavy (non-hydrogen) atoms. The first-order chi connectivity index (χ1) is 11.1. The molecular weight excluding hydrogens is 294 g/mol. The highest BCUT2D eigenvalue weighted by Crippen LogP contribution is 2.25. The number of hydrogen-bond acceptors (Lipinski definition) is 4. The predicted octanol–water partition coefficient (Wildman–Crippen LogP) is 2.21. The molecule has 0 aromatic heterocycles. The van der Waals surface area contributed by atoms with Crippen molar-refractivity contribution in [1.29, 1.82) is 0 Å². The van der Waals surface area contributed by atoms with Gasteiger partial charge in [0.15, 0.2) is 0 Å². The van der Waals surface area contributed by atoms with Crippen LogP contribution in [0.3, 0.4) is 0 Å². The lowest BCUT2D eigenvalue weighted by Crippen LogP contribution is -2.36. The van der Waals surface area contributed by atoms with Gasteiger partial charge >= 0.3 is 0 Å². The van der Waals surface area contributed by atoms with E-state index in [1.807, 2.05) is 18.2 Å². The van der Waals surface area contributed by atoms with E-state index in [0.29, 0.717) is 50.3 Å². The van der Waals surface area contributed by atoms with Crippen molar-refractivity contribution in [2.45, 2.75) is 44.6 Å². The first kappa shape index (κ1) is 17.8. The fourth-order valence-electron chi connectivity index (χ4n) is 2.81. The lowest BCUT2D eigenvalue weighted by atomic mass is 9.96. The van der Waals surface area contributed by atoms with Crippen molar-refractivity contribution in [3.8, 4) is 5.75 Å². The van der Waals surface area contributed by atoms with Gasteiger partial charge in [-0.15, -0.1) is 0 Å². The van der Waals surface area contributed by atoms with Crippen molar-refractivity contribution in [2.24, 2.45) is 0 Å². The van der Waals surface area contributed by atoms with Gasteiger partial charge in [-0.25, -0.2) is 0 Å². The number of nitrogens with zero attached hydrogens (tertiary/aromatic N) is 1. The van der Waals surface area contributed by atoms with E-state index in [2.05, 4.69) is 6.92 Å². The maximum absolute atomic E-state index is 12.8. The van der Waals surface area contributed by atoms with E-state index in [1.54, 1.807) is 11.0 Å². The van der Waals surface area contributed by atoms with Gasteiger partial charge in [-0.05, 0) is 37.8 Å². The Balaban J connectivity index is 2.08. The maximum Gasteiger partial charge on any atom is 0.257 e. The highest BCUT2D eigenvalue weighted by atomic mass is 16.5. The highest BCUT2D eigenvalue weighted by Gasteiger charge is 2.31. The standard InChI is InChI=1S/C18H27NO4/c1-2-3-13-23-16-8-5-4-7-15(16)17(21)19-11-6-9-18(22,14-20)10-12-19/h4-5,7-8,20,22H,2-3,6,9-14H2,1H3/t18-/m0/s1. The summed E-state index contributed by atoms with van der Waals surface area (Å²) in [6, 6.07) is 7.31. The van der Waals surface area contributed by atoms with E-state index < -0.39 is 5.60 Å². The largest absolute Gasteiger partial charge is 0.493 e. The Morgan fingerprint density at radius 2 is 2.09 bits per heavy atom. The van der Waals surface area contributed by atoms with Gasteiger partial charge in [0.2, 0.25) is 0 Å². The number of benzene rings is 1. The van der Waals surface area contributed by atoms with Crippen molar-refractivity contribution >= 4 is 5.91 Å². The smallest absolute Gasteiger partial charge is 0.257 e. The number of unbranched alkanes of at least 4 members (excludes halogenated alkanes) is 1. The van der Waals surface area contributed by atoms with Gasteiger partial charge in [0.05, 0.1) is 24.4 Å². The van der Waals surface area contributed by atoms with Gasteiger partial charge in [0.1, 0.15) is 5.75 Å². The molecule has 1 atom stereocenters. The Morgan fingerprint density at radius 1 is 1.30 bits per heavy atom. The van der Waals surface area contributed by atoms with E-state index in [1.165, 1.54) is 0 Å². The van der Waals surface area contributed by atoms with Crippen molar-refractivity contribution < 1.29 is 19.7 Å². The minimum Gasteiger partial charge on any atom is -0.493 e. The van der Waals surface area contributed by atoms with Crippen LogP contribution in [0.25, 0.3) is 0 Å². The van der Waals surface area contributed by atoms with E-state index in [0.717, 1.165) is 12.8 Å².